The molecule has 4 heteroatoms. The van der Waals surface area contributed by atoms with Crippen molar-refractivity contribution in [3.05, 3.63) is 34.3 Å². The van der Waals surface area contributed by atoms with Gasteiger partial charge in [-0.05, 0) is 31.0 Å². The third kappa shape index (κ3) is 4.00. The molecule has 1 rings (SSSR count). The number of halogens is 2. The number of rotatable bonds is 5. The normalized spacial score (nSPS) is 10.4. The second-order valence-electron chi connectivity index (χ2n) is 3.94. The number of hydrogen-bond acceptors (Lipinski definition) is 1. The monoisotopic (exact) mass is 317 g/mol. The van der Waals surface area contributed by atoms with E-state index in [1.807, 2.05) is 24.0 Å². The molecule has 0 aromatic heterocycles. The van der Waals surface area contributed by atoms with Crippen LogP contribution in [0.2, 0.25) is 5.02 Å². The Labute approximate surface area is 116 Å². The number of amides is 1. The molecule has 1 aromatic carbocycles. The van der Waals surface area contributed by atoms with E-state index in [-0.39, 0.29) is 5.91 Å². The molecule has 0 aliphatic carbocycles. The lowest BCUT2D eigenvalue weighted by Gasteiger charge is -2.22. The quantitative estimate of drug-likeness (QED) is 0.754. The summed E-state index contributed by atoms with van der Waals surface area (Å²) in [6.45, 7) is 5.50. The minimum atomic E-state index is 0.0614. The van der Waals surface area contributed by atoms with Gasteiger partial charge in [-0.25, -0.2) is 0 Å². The average Bonchev–Trinajstić information content (AvgIpc) is 2.31. The van der Waals surface area contributed by atoms with Crippen molar-refractivity contribution < 1.29 is 4.79 Å². The molecular weight excluding hydrogens is 302 g/mol. The largest absolute Gasteiger partial charge is 0.338 e. The van der Waals surface area contributed by atoms with Gasteiger partial charge in [0.25, 0.3) is 5.91 Å². The topological polar surface area (TPSA) is 20.3 Å². The predicted molar refractivity (Wildman–Crippen MR) is 76.2 cm³/mol. The maximum absolute atomic E-state index is 12.3. The highest BCUT2D eigenvalue weighted by Crippen LogP contribution is 2.17. The van der Waals surface area contributed by atoms with Gasteiger partial charge in [-0.2, -0.15) is 0 Å². The molecule has 0 atom stereocenters. The molecule has 94 valence electrons. The van der Waals surface area contributed by atoms with Gasteiger partial charge in [-0.3, -0.25) is 4.79 Å². The summed E-state index contributed by atoms with van der Waals surface area (Å²) in [6.07, 6.45) is 0.957. The van der Waals surface area contributed by atoms with E-state index in [1.54, 1.807) is 6.07 Å². The third-order valence-electron chi connectivity index (χ3n) is 2.57. The van der Waals surface area contributed by atoms with E-state index in [4.69, 9.17) is 11.6 Å². The Hall–Kier alpha value is -0.540. The van der Waals surface area contributed by atoms with Crippen molar-refractivity contribution in [2.45, 2.75) is 20.3 Å². The molecule has 0 spiro atoms. The lowest BCUT2D eigenvalue weighted by Crippen LogP contribution is -2.33. The van der Waals surface area contributed by atoms with Crippen LogP contribution in [0.1, 0.15) is 29.3 Å². The summed E-state index contributed by atoms with van der Waals surface area (Å²) in [4.78, 5) is 14.2. The van der Waals surface area contributed by atoms with Crippen LogP contribution in [0.5, 0.6) is 0 Å². The van der Waals surface area contributed by atoms with Crippen LogP contribution in [0, 0.1) is 6.92 Å². The second kappa shape index (κ2) is 7.02. The molecule has 1 aromatic rings. The number of nitrogens with zero attached hydrogens (tertiary/aromatic N) is 1. The number of hydrogen-bond donors (Lipinski definition) is 0. The highest BCUT2D eigenvalue weighted by molar-refractivity contribution is 9.09. The van der Waals surface area contributed by atoms with Crippen molar-refractivity contribution in [1.29, 1.82) is 0 Å². The zero-order chi connectivity index (χ0) is 12.8. The molecule has 0 aliphatic heterocycles. The first-order valence-electron chi connectivity index (χ1n) is 5.71. The number of carbonyl (C=O) groups excluding carboxylic acids is 1. The van der Waals surface area contributed by atoms with Crippen molar-refractivity contribution in [3.8, 4) is 0 Å². The van der Waals surface area contributed by atoms with Gasteiger partial charge in [-0.1, -0.05) is 40.5 Å². The fourth-order valence-corrected chi connectivity index (χ4v) is 2.28. The summed E-state index contributed by atoms with van der Waals surface area (Å²) in [5.41, 5.74) is 1.67. The molecule has 0 N–H and O–H groups in total. The molecule has 17 heavy (non-hydrogen) atoms. The lowest BCUT2D eigenvalue weighted by atomic mass is 10.1. The fourth-order valence-electron chi connectivity index (χ4n) is 1.68. The van der Waals surface area contributed by atoms with E-state index < -0.39 is 0 Å². The van der Waals surface area contributed by atoms with Crippen LogP contribution in [0.3, 0.4) is 0 Å². The maximum atomic E-state index is 12.3. The molecule has 0 aliphatic rings. The summed E-state index contributed by atoms with van der Waals surface area (Å²) >= 11 is 9.31. The van der Waals surface area contributed by atoms with Gasteiger partial charge in [-0.15, -0.1) is 0 Å². The minimum absolute atomic E-state index is 0.0614. The Morgan fingerprint density at radius 1 is 1.41 bits per heavy atom. The summed E-state index contributed by atoms with van der Waals surface area (Å²) in [6, 6.07) is 5.44. The lowest BCUT2D eigenvalue weighted by molar-refractivity contribution is 0.0765. The average molecular weight is 319 g/mol. The Morgan fingerprint density at radius 3 is 2.71 bits per heavy atom. The molecule has 1 amide bonds. The smallest absolute Gasteiger partial charge is 0.254 e. The van der Waals surface area contributed by atoms with Gasteiger partial charge in [0, 0.05) is 29.0 Å². The predicted octanol–water partition coefficient (Wildman–Crippen LogP) is 3.90. The summed E-state index contributed by atoms with van der Waals surface area (Å²) < 4.78 is 0. The molecule has 0 saturated carbocycles. The van der Waals surface area contributed by atoms with E-state index in [1.165, 1.54) is 0 Å². The zero-order valence-electron chi connectivity index (χ0n) is 10.2. The number of benzene rings is 1. The summed E-state index contributed by atoms with van der Waals surface area (Å²) in [5.74, 6) is 0.0614. The van der Waals surface area contributed by atoms with E-state index >= 15 is 0 Å². The Morgan fingerprint density at radius 2 is 2.12 bits per heavy atom. The summed E-state index contributed by atoms with van der Waals surface area (Å²) in [5, 5.41) is 1.40. The number of aryl methyl sites for hydroxylation is 1. The second-order valence-corrected chi connectivity index (χ2v) is 5.17. The SMILES string of the molecule is CCCN(CCBr)C(=O)c1cc(Cl)ccc1C. The van der Waals surface area contributed by atoms with Crippen LogP contribution < -0.4 is 0 Å². The molecule has 0 radical (unpaired) electrons. The fraction of sp³-hybridized carbons (Fsp3) is 0.462. The first-order valence-corrected chi connectivity index (χ1v) is 7.21. The van der Waals surface area contributed by atoms with Gasteiger partial charge in [0.1, 0.15) is 0 Å². The minimum Gasteiger partial charge on any atom is -0.338 e. The number of alkyl halides is 1. The van der Waals surface area contributed by atoms with Crippen molar-refractivity contribution in [2.75, 3.05) is 18.4 Å². The van der Waals surface area contributed by atoms with Crippen LogP contribution >= 0.6 is 27.5 Å². The molecule has 2 nitrogen and oxygen atoms in total. The number of carbonyl (C=O) groups is 1. The van der Waals surface area contributed by atoms with Crippen LogP contribution in [0.15, 0.2) is 18.2 Å². The molecule has 0 saturated heterocycles. The Balaban J connectivity index is 2.95. The first-order chi connectivity index (χ1) is 8.10. The van der Waals surface area contributed by atoms with Crippen LogP contribution in [0.25, 0.3) is 0 Å². The van der Waals surface area contributed by atoms with Gasteiger partial charge < -0.3 is 4.90 Å². The van der Waals surface area contributed by atoms with Gasteiger partial charge in [0.05, 0.1) is 0 Å². The van der Waals surface area contributed by atoms with Gasteiger partial charge in [0.2, 0.25) is 0 Å². The third-order valence-corrected chi connectivity index (χ3v) is 3.15. The van der Waals surface area contributed by atoms with E-state index in [0.717, 1.165) is 30.4 Å². The standard InChI is InChI=1S/C13H17BrClNO/c1-3-7-16(8-6-14)13(17)12-9-11(15)5-4-10(12)2/h4-5,9H,3,6-8H2,1-2H3. The van der Waals surface area contributed by atoms with Crippen molar-refractivity contribution in [1.82, 2.24) is 4.90 Å². The van der Waals surface area contributed by atoms with Crippen LogP contribution in [0.4, 0.5) is 0 Å². The van der Waals surface area contributed by atoms with Crippen LogP contribution in [-0.2, 0) is 0 Å². The van der Waals surface area contributed by atoms with Crippen molar-refractivity contribution >= 4 is 33.4 Å². The Bertz CT molecular complexity index is 389. The van der Waals surface area contributed by atoms with E-state index in [9.17, 15) is 4.79 Å². The highest BCUT2D eigenvalue weighted by atomic mass is 79.9. The van der Waals surface area contributed by atoms with Crippen LogP contribution in [-0.4, -0.2) is 29.2 Å². The van der Waals surface area contributed by atoms with E-state index in [0.29, 0.717) is 10.6 Å². The van der Waals surface area contributed by atoms with E-state index in [2.05, 4.69) is 22.9 Å². The molecule has 0 fully saturated rings. The molecular formula is C13H17BrClNO. The Kier molecular flexibility index (Phi) is 6.00. The summed E-state index contributed by atoms with van der Waals surface area (Å²) in [7, 11) is 0. The zero-order valence-corrected chi connectivity index (χ0v) is 12.5. The van der Waals surface area contributed by atoms with Crippen molar-refractivity contribution in [2.24, 2.45) is 0 Å². The first kappa shape index (κ1) is 14.5. The van der Waals surface area contributed by atoms with Gasteiger partial charge in [0.15, 0.2) is 0 Å². The van der Waals surface area contributed by atoms with Crippen molar-refractivity contribution in [3.63, 3.8) is 0 Å². The molecule has 0 unspecified atom stereocenters. The highest BCUT2D eigenvalue weighted by Gasteiger charge is 2.16. The van der Waals surface area contributed by atoms with Gasteiger partial charge >= 0.3 is 0 Å². The molecule has 0 heterocycles. The molecule has 0 bridgehead atoms. The maximum Gasteiger partial charge on any atom is 0.254 e.